The molecule has 0 aliphatic rings. The van der Waals surface area contributed by atoms with Crippen LogP contribution in [0.2, 0.25) is 0 Å². The van der Waals surface area contributed by atoms with Gasteiger partial charge in [-0.05, 0) is 0 Å². The van der Waals surface area contributed by atoms with Crippen LogP contribution in [-0.2, 0) is 10.6 Å². The summed E-state index contributed by atoms with van der Waals surface area (Å²) in [4.78, 5) is 24.0. The van der Waals surface area contributed by atoms with Crippen LogP contribution in [-0.4, -0.2) is 42.9 Å². The molecule has 20 heavy (non-hydrogen) atoms. The van der Waals surface area contributed by atoms with Crippen molar-refractivity contribution >= 4 is 22.8 Å². The molecule has 0 saturated carbocycles. The molecule has 8 heteroatoms. The van der Waals surface area contributed by atoms with Gasteiger partial charge in [0.1, 0.15) is 0 Å². The maximum atomic E-state index is 11.4. The van der Waals surface area contributed by atoms with Crippen LogP contribution in [0, 0.1) is 0 Å². The van der Waals surface area contributed by atoms with Crippen molar-refractivity contribution in [3.05, 3.63) is 23.5 Å². The van der Waals surface area contributed by atoms with Crippen molar-refractivity contribution in [3.8, 4) is 11.5 Å². The van der Waals surface area contributed by atoms with Crippen LogP contribution in [0.3, 0.4) is 0 Å². The van der Waals surface area contributed by atoms with Gasteiger partial charge in [-0.15, -0.1) is 0 Å². The summed E-state index contributed by atoms with van der Waals surface area (Å²) in [5.74, 6) is 0.160. The fourth-order valence-electron chi connectivity index (χ4n) is 1.47. The summed E-state index contributed by atoms with van der Waals surface area (Å²) in [6.45, 7) is 5.88. The fourth-order valence-corrected chi connectivity index (χ4v) is 1.95. The number of primary amides is 1. The number of carbonyl (C=O) groups is 1. The zero-order valence-electron chi connectivity index (χ0n) is 11.4. The Morgan fingerprint density at radius 2 is 2.10 bits per heavy atom. The van der Waals surface area contributed by atoms with E-state index in [2.05, 4.69) is 37.0 Å². The summed E-state index contributed by atoms with van der Waals surface area (Å²) in [5, 5.41) is 4.38. The quantitative estimate of drug-likeness (QED) is 0.823. The van der Waals surface area contributed by atoms with Crippen molar-refractivity contribution in [2.24, 2.45) is 5.73 Å². The Balaban J connectivity index is 2.46. The summed E-state index contributed by atoms with van der Waals surface area (Å²) in [6, 6.07) is 0. The summed E-state index contributed by atoms with van der Waals surface area (Å²) >= 11 is 2.33. The Morgan fingerprint density at radius 1 is 1.40 bits per heavy atom. The number of nitrogens with two attached hydrogens (primary N) is 1. The van der Waals surface area contributed by atoms with Crippen molar-refractivity contribution in [1.82, 2.24) is 20.1 Å². The van der Waals surface area contributed by atoms with Crippen molar-refractivity contribution < 1.29 is 9.32 Å². The molecular weight excluding hydrogens is 321 g/mol. The van der Waals surface area contributed by atoms with Crippen LogP contribution >= 0.6 is 0 Å². The number of nitrogens with zero attached hydrogens (tertiary/aromatic N) is 4. The molecule has 0 saturated heterocycles. The van der Waals surface area contributed by atoms with Gasteiger partial charge in [0.15, 0.2) is 0 Å². The Morgan fingerprint density at radius 3 is 2.60 bits per heavy atom. The zero-order valence-corrected chi connectivity index (χ0v) is 13.3. The molecule has 7 nitrogen and oxygen atoms in total. The predicted octanol–water partition coefficient (Wildman–Crippen LogP) is 0.592. The van der Waals surface area contributed by atoms with E-state index in [0.717, 1.165) is 0 Å². The molecule has 0 aromatic carbocycles. The van der Waals surface area contributed by atoms with E-state index in [1.54, 1.807) is 0 Å². The summed E-state index contributed by atoms with van der Waals surface area (Å²) in [5.41, 5.74) is 6.06. The van der Waals surface area contributed by atoms with Crippen LogP contribution in [0.5, 0.6) is 0 Å². The van der Waals surface area contributed by atoms with Gasteiger partial charge in [0, 0.05) is 0 Å². The maximum absolute atomic E-state index is 11.4. The molecule has 0 fully saturated rings. The van der Waals surface area contributed by atoms with E-state index in [-0.39, 0.29) is 11.1 Å². The molecule has 104 valence electrons. The van der Waals surface area contributed by atoms with E-state index >= 15 is 0 Å². The van der Waals surface area contributed by atoms with E-state index < -0.39 is 5.91 Å². The first-order valence-corrected chi connectivity index (χ1v) is 7.26. The van der Waals surface area contributed by atoms with Crippen LogP contribution in [0.1, 0.15) is 42.8 Å². The van der Waals surface area contributed by atoms with E-state index in [1.807, 2.05) is 20.8 Å². The number of carbonyl (C=O) groups excluding carboxylic acids is 1. The van der Waals surface area contributed by atoms with Crippen molar-refractivity contribution in [2.75, 3.05) is 0 Å². The molecule has 2 rings (SSSR count). The first kappa shape index (κ1) is 14.7. The van der Waals surface area contributed by atoms with Gasteiger partial charge in [-0.3, -0.25) is 0 Å². The molecule has 0 spiro atoms. The van der Waals surface area contributed by atoms with E-state index in [9.17, 15) is 4.79 Å². The van der Waals surface area contributed by atoms with Gasteiger partial charge in [-0.25, -0.2) is 0 Å². The summed E-state index contributed by atoms with van der Waals surface area (Å²) < 4.78 is 5.19. The predicted molar refractivity (Wildman–Crippen MR) is 72.0 cm³/mol. The van der Waals surface area contributed by atoms with Gasteiger partial charge in [0.05, 0.1) is 0 Å². The van der Waals surface area contributed by atoms with E-state index in [0.29, 0.717) is 28.3 Å². The second-order valence-corrected chi connectivity index (χ2v) is 5.91. The summed E-state index contributed by atoms with van der Waals surface area (Å²) in [6.07, 6.45) is 1.51. The standard InChI is InChI=1S/C12H14AsN5O2/c1-12(2,3)11-17-10(18-20-11)7-5-15-6(4-13)8(16-7)9(14)19/h5H,4H2,1-3H3,(H2,14,19). The van der Waals surface area contributed by atoms with Crippen LogP contribution < -0.4 is 5.73 Å². The third-order valence-corrected chi connectivity index (χ3v) is 3.16. The molecule has 0 aliphatic heterocycles. The van der Waals surface area contributed by atoms with Crippen molar-refractivity contribution in [3.63, 3.8) is 0 Å². The van der Waals surface area contributed by atoms with Gasteiger partial charge < -0.3 is 0 Å². The molecule has 1 amide bonds. The Hall–Kier alpha value is -1.75. The Kier molecular flexibility index (Phi) is 3.90. The van der Waals surface area contributed by atoms with Gasteiger partial charge >= 0.3 is 124 Å². The Labute approximate surface area is 124 Å². The monoisotopic (exact) mass is 335 g/mol. The topological polar surface area (TPSA) is 108 Å². The molecule has 2 aromatic heterocycles. The molecule has 0 atom stereocenters. The molecule has 2 heterocycles. The second kappa shape index (κ2) is 5.32. The fraction of sp³-hybridized carbons (Fsp3) is 0.417. The minimum absolute atomic E-state index is 0.130. The number of rotatable bonds is 3. The van der Waals surface area contributed by atoms with Crippen LogP contribution in [0.4, 0.5) is 0 Å². The zero-order chi connectivity index (χ0) is 14.9. The first-order chi connectivity index (χ1) is 9.32. The van der Waals surface area contributed by atoms with Gasteiger partial charge in [-0.1, -0.05) is 0 Å². The molecule has 2 radical (unpaired) electrons. The molecule has 0 bridgehead atoms. The molecule has 0 aliphatic carbocycles. The first-order valence-electron chi connectivity index (χ1n) is 5.94. The average Bonchev–Trinajstić information content (AvgIpc) is 2.87. The van der Waals surface area contributed by atoms with Crippen molar-refractivity contribution in [2.45, 2.75) is 31.4 Å². The van der Waals surface area contributed by atoms with Gasteiger partial charge in [-0.2, -0.15) is 0 Å². The number of hydrogen-bond donors (Lipinski definition) is 1. The molecule has 0 unspecified atom stereocenters. The molecule has 2 aromatic rings. The molecular formula is C12H14AsN5O2. The van der Waals surface area contributed by atoms with Crippen molar-refractivity contribution in [1.29, 1.82) is 0 Å². The number of amides is 1. The third-order valence-electron chi connectivity index (χ3n) is 2.53. The Bertz CT molecular complexity index is 648. The van der Waals surface area contributed by atoms with Gasteiger partial charge in [0.2, 0.25) is 0 Å². The van der Waals surface area contributed by atoms with E-state index in [1.165, 1.54) is 6.20 Å². The van der Waals surface area contributed by atoms with Crippen LogP contribution in [0.15, 0.2) is 10.7 Å². The average molecular weight is 335 g/mol. The summed E-state index contributed by atoms with van der Waals surface area (Å²) in [7, 11) is 0. The minimum atomic E-state index is -0.625. The van der Waals surface area contributed by atoms with E-state index in [4.69, 9.17) is 10.3 Å². The van der Waals surface area contributed by atoms with Gasteiger partial charge in [0.25, 0.3) is 0 Å². The molecule has 2 N–H and O–H groups in total. The van der Waals surface area contributed by atoms with Crippen LogP contribution in [0.25, 0.3) is 11.5 Å². The normalized spacial score (nSPS) is 11.6. The second-order valence-electron chi connectivity index (χ2n) is 5.25. The SMILES string of the molecule is CC(C)(C)c1nc(-c2cnc(C[As])c(C(N)=O)n2)no1. The third kappa shape index (κ3) is 2.88. The number of aromatic nitrogens is 4. The number of hydrogen-bond acceptors (Lipinski definition) is 6.